The Bertz CT molecular complexity index is 754. The second-order valence-corrected chi connectivity index (χ2v) is 6.70. The SMILES string of the molecule is C[C@H](c1nccs1)n1ccnc1-c1cn(C2CCNCC2)nn1. The molecule has 0 amide bonds. The van der Waals surface area contributed by atoms with E-state index in [9.17, 15) is 0 Å². The van der Waals surface area contributed by atoms with Gasteiger partial charge in [0.05, 0.1) is 18.3 Å². The normalized spacial score (nSPS) is 17.4. The lowest BCUT2D eigenvalue weighted by Crippen LogP contribution is -2.29. The van der Waals surface area contributed by atoms with E-state index in [1.165, 1.54) is 0 Å². The fourth-order valence-electron chi connectivity index (χ4n) is 3.01. The van der Waals surface area contributed by atoms with Gasteiger partial charge in [-0.15, -0.1) is 16.4 Å². The zero-order chi connectivity index (χ0) is 15.6. The van der Waals surface area contributed by atoms with Crippen molar-refractivity contribution in [2.75, 3.05) is 13.1 Å². The van der Waals surface area contributed by atoms with Crippen molar-refractivity contribution in [2.24, 2.45) is 0 Å². The second kappa shape index (κ2) is 6.21. The summed E-state index contributed by atoms with van der Waals surface area (Å²) in [6.45, 7) is 4.20. The summed E-state index contributed by atoms with van der Waals surface area (Å²) < 4.78 is 4.10. The third-order valence-electron chi connectivity index (χ3n) is 4.32. The van der Waals surface area contributed by atoms with E-state index in [0.717, 1.165) is 42.5 Å². The molecule has 8 heteroatoms. The van der Waals surface area contributed by atoms with Crippen LogP contribution in [0.15, 0.2) is 30.2 Å². The number of piperidine rings is 1. The van der Waals surface area contributed by atoms with Crippen molar-refractivity contribution in [1.29, 1.82) is 0 Å². The number of nitrogens with one attached hydrogen (secondary N) is 1. The van der Waals surface area contributed by atoms with Gasteiger partial charge in [-0.3, -0.25) is 0 Å². The minimum atomic E-state index is 0.136. The lowest BCUT2D eigenvalue weighted by Gasteiger charge is -2.22. The Morgan fingerprint density at radius 3 is 2.91 bits per heavy atom. The van der Waals surface area contributed by atoms with Gasteiger partial charge >= 0.3 is 0 Å². The van der Waals surface area contributed by atoms with Gasteiger partial charge in [0.2, 0.25) is 0 Å². The Morgan fingerprint density at radius 2 is 2.13 bits per heavy atom. The Labute approximate surface area is 138 Å². The van der Waals surface area contributed by atoms with Crippen LogP contribution in [0.2, 0.25) is 0 Å². The molecule has 1 aliphatic heterocycles. The highest BCUT2D eigenvalue weighted by molar-refractivity contribution is 7.09. The number of thiazole rings is 1. The number of nitrogens with zero attached hydrogens (tertiary/aromatic N) is 6. The van der Waals surface area contributed by atoms with Crippen LogP contribution in [0.4, 0.5) is 0 Å². The van der Waals surface area contributed by atoms with Crippen molar-refractivity contribution in [2.45, 2.75) is 31.8 Å². The maximum absolute atomic E-state index is 4.49. The first-order chi connectivity index (χ1) is 11.3. The summed E-state index contributed by atoms with van der Waals surface area (Å²) in [5.74, 6) is 0.841. The van der Waals surface area contributed by atoms with Crippen LogP contribution < -0.4 is 5.32 Å². The fraction of sp³-hybridized carbons (Fsp3) is 0.467. The lowest BCUT2D eigenvalue weighted by molar-refractivity contribution is 0.337. The number of aromatic nitrogens is 6. The third-order valence-corrected chi connectivity index (χ3v) is 5.26. The second-order valence-electron chi connectivity index (χ2n) is 5.77. The van der Waals surface area contributed by atoms with Gasteiger partial charge in [-0.1, -0.05) is 5.21 Å². The summed E-state index contributed by atoms with van der Waals surface area (Å²) in [7, 11) is 0. The van der Waals surface area contributed by atoms with Crippen LogP contribution in [0.25, 0.3) is 11.5 Å². The molecule has 0 saturated carbocycles. The Morgan fingerprint density at radius 1 is 1.26 bits per heavy atom. The summed E-state index contributed by atoms with van der Waals surface area (Å²) in [4.78, 5) is 8.89. The number of rotatable bonds is 4. The molecule has 0 radical (unpaired) electrons. The van der Waals surface area contributed by atoms with Crippen LogP contribution in [0.5, 0.6) is 0 Å². The monoisotopic (exact) mass is 329 g/mol. The van der Waals surface area contributed by atoms with Crippen molar-refractivity contribution in [3.63, 3.8) is 0 Å². The van der Waals surface area contributed by atoms with Crippen LogP contribution in [-0.4, -0.2) is 42.6 Å². The first kappa shape index (κ1) is 14.5. The molecule has 0 aliphatic carbocycles. The van der Waals surface area contributed by atoms with E-state index in [2.05, 4.69) is 37.1 Å². The molecule has 0 aromatic carbocycles. The van der Waals surface area contributed by atoms with Gasteiger partial charge in [0, 0.05) is 24.0 Å². The zero-order valence-corrected chi connectivity index (χ0v) is 13.8. The van der Waals surface area contributed by atoms with E-state index in [4.69, 9.17) is 0 Å². The largest absolute Gasteiger partial charge is 0.320 e. The van der Waals surface area contributed by atoms with Gasteiger partial charge in [-0.25, -0.2) is 14.6 Å². The molecule has 4 rings (SSSR count). The Hall–Kier alpha value is -2.06. The molecule has 1 fully saturated rings. The summed E-state index contributed by atoms with van der Waals surface area (Å²) in [5.41, 5.74) is 0.817. The molecule has 0 bridgehead atoms. The van der Waals surface area contributed by atoms with Crippen LogP contribution >= 0.6 is 11.3 Å². The molecule has 0 unspecified atom stereocenters. The van der Waals surface area contributed by atoms with Gasteiger partial charge in [0.1, 0.15) is 10.7 Å². The molecule has 1 aliphatic rings. The smallest absolute Gasteiger partial charge is 0.162 e. The number of hydrogen-bond donors (Lipinski definition) is 1. The predicted octanol–water partition coefficient (Wildman–Crippen LogP) is 2.13. The van der Waals surface area contributed by atoms with E-state index < -0.39 is 0 Å². The van der Waals surface area contributed by atoms with Gasteiger partial charge in [0.15, 0.2) is 5.82 Å². The van der Waals surface area contributed by atoms with Crippen molar-refractivity contribution < 1.29 is 0 Å². The van der Waals surface area contributed by atoms with Gasteiger partial charge in [-0.2, -0.15) is 0 Å². The van der Waals surface area contributed by atoms with Gasteiger partial charge < -0.3 is 9.88 Å². The fourth-order valence-corrected chi connectivity index (χ4v) is 3.71. The number of imidazole rings is 1. The minimum Gasteiger partial charge on any atom is -0.320 e. The summed E-state index contributed by atoms with van der Waals surface area (Å²) >= 11 is 1.65. The standard InChI is InChI=1S/C15H19N7S/c1-11(15-18-7-9-23-15)21-8-6-17-14(21)13-10-22(20-19-13)12-2-4-16-5-3-12/h6-12,16H,2-5H2,1H3/t11-/m1/s1. The maximum Gasteiger partial charge on any atom is 0.162 e. The van der Waals surface area contributed by atoms with E-state index in [0.29, 0.717) is 6.04 Å². The Balaban J connectivity index is 1.62. The maximum atomic E-state index is 4.49. The van der Waals surface area contributed by atoms with Gasteiger partial charge in [-0.05, 0) is 32.9 Å². The quantitative estimate of drug-likeness (QED) is 0.794. The topological polar surface area (TPSA) is 73.5 Å². The average molecular weight is 329 g/mol. The molecule has 4 heterocycles. The van der Waals surface area contributed by atoms with Crippen LogP contribution in [0, 0.1) is 0 Å². The predicted molar refractivity (Wildman–Crippen MR) is 88.3 cm³/mol. The van der Waals surface area contributed by atoms with E-state index in [-0.39, 0.29) is 6.04 Å². The number of hydrogen-bond acceptors (Lipinski definition) is 6. The molecule has 120 valence electrons. The highest BCUT2D eigenvalue weighted by Gasteiger charge is 2.20. The van der Waals surface area contributed by atoms with E-state index in [1.807, 2.05) is 34.8 Å². The van der Waals surface area contributed by atoms with Crippen molar-refractivity contribution in [3.8, 4) is 11.5 Å². The van der Waals surface area contributed by atoms with Gasteiger partial charge in [0.25, 0.3) is 0 Å². The molecule has 3 aromatic rings. The van der Waals surface area contributed by atoms with Crippen molar-refractivity contribution in [3.05, 3.63) is 35.2 Å². The average Bonchev–Trinajstić information content (AvgIpc) is 3.35. The van der Waals surface area contributed by atoms with E-state index in [1.54, 1.807) is 11.3 Å². The summed E-state index contributed by atoms with van der Waals surface area (Å²) in [5, 5.41) is 15.1. The molecule has 1 atom stereocenters. The first-order valence-electron chi connectivity index (χ1n) is 7.88. The minimum absolute atomic E-state index is 0.136. The molecule has 23 heavy (non-hydrogen) atoms. The summed E-state index contributed by atoms with van der Waals surface area (Å²) in [6, 6.07) is 0.564. The van der Waals surface area contributed by atoms with Crippen LogP contribution in [0.1, 0.15) is 36.9 Å². The highest BCUT2D eigenvalue weighted by atomic mass is 32.1. The molecular formula is C15H19N7S. The third kappa shape index (κ3) is 2.79. The van der Waals surface area contributed by atoms with Crippen molar-refractivity contribution in [1.82, 2.24) is 34.8 Å². The molecule has 7 nitrogen and oxygen atoms in total. The van der Waals surface area contributed by atoms with Crippen molar-refractivity contribution >= 4 is 11.3 Å². The zero-order valence-electron chi connectivity index (χ0n) is 13.0. The van der Waals surface area contributed by atoms with Crippen LogP contribution in [-0.2, 0) is 0 Å². The molecule has 1 saturated heterocycles. The molecule has 0 spiro atoms. The van der Waals surface area contributed by atoms with Crippen LogP contribution in [0.3, 0.4) is 0 Å². The van der Waals surface area contributed by atoms with E-state index >= 15 is 0 Å². The molecule has 3 aromatic heterocycles. The highest BCUT2D eigenvalue weighted by Crippen LogP contribution is 2.26. The molecular weight excluding hydrogens is 310 g/mol. The lowest BCUT2D eigenvalue weighted by atomic mass is 10.1. The Kier molecular flexibility index (Phi) is 3.92. The first-order valence-corrected chi connectivity index (χ1v) is 8.76. The summed E-state index contributed by atoms with van der Waals surface area (Å²) in [6.07, 6.45) is 9.82. The molecule has 1 N–H and O–H groups in total.